The fraction of sp³-hybridized carbons (Fsp3) is 0.462. The molecule has 0 saturated carbocycles. The van der Waals surface area contributed by atoms with Gasteiger partial charge in [0.1, 0.15) is 5.56 Å². The van der Waals surface area contributed by atoms with Gasteiger partial charge in [-0.2, -0.15) is 5.26 Å². The van der Waals surface area contributed by atoms with E-state index in [2.05, 4.69) is 11.1 Å². The van der Waals surface area contributed by atoms with Crippen LogP contribution in [0.3, 0.4) is 0 Å². The average molecular weight is 260 g/mol. The minimum Gasteiger partial charge on any atom is -0.367 e. The molecule has 1 amide bonds. The van der Waals surface area contributed by atoms with E-state index in [0.717, 1.165) is 0 Å². The summed E-state index contributed by atoms with van der Waals surface area (Å²) < 4.78 is 0. The number of piperazine rings is 1. The molecule has 6 heteroatoms. The molecule has 1 aromatic rings. The van der Waals surface area contributed by atoms with Crippen LogP contribution in [0.15, 0.2) is 23.3 Å². The van der Waals surface area contributed by atoms with Crippen molar-refractivity contribution in [3.63, 3.8) is 0 Å². The number of H-pyrrole nitrogens is 1. The molecule has 100 valence electrons. The molecule has 1 fully saturated rings. The van der Waals surface area contributed by atoms with Gasteiger partial charge in [-0.15, -0.1) is 0 Å². The van der Waals surface area contributed by atoms with E-state index in [1.54, 1.807) is 4.90 Å². The van der Waals surface area contributed by atoms with Crippen molar-refractivity contribution in [1.82, 2.24) is 14.8 Å². The third-order valence-corrected chi connectivity index (χ3v) is 3.39. The van der Waals surface area contributed by atoms with Crippen LogP contribution >= 0.6 is 0 Å². The molecule has 0 aromatic carbocycles. The Morgan fingerprint density at radius 3 is 2.68 bits per heavy atom. The van der Waals surface area contributed by atoms with Crippen LogP contribution in [0, 0.1) is 11.3 Å². The maximum atomic E-state index is 12.2. The summed E-state index contributed by atoms with van der Waals surface area (Å²) in [5.74, 6) is -0.244. The maximum absolute atomic E-state index is 12.2. The molecule has 1 aromatic heterocycles. The number of hydrogen-bond donors (Lipinski definition) is 1. The topological polar surface area (TPSA) is 80.2 Å². The van der Waals surface area contributed by atoms with Crippen LogP contribution in [0.1, 0.15) is 17.3 Å². The lowest BCUT2D eigenvalue weighted by Crippen LogP contribution is -2.51. The molecule has 0 radical (unpaired) electrons. The SMILES string of the molecule is CC(C#N)N1CCN(C(=O)c2c[nH]ccc2=O)CC1. The number of rotatable bonds is 2. The van der Waals surface area contributed by atoms with Crippen molar-refractivity contribution in [2.24, 2.45) is 0 Å². The predicted octanol–water partition coefficient (Wildman–Crippen LogP) is 0.0448. The molecule has 19 heavy (non-hydrogen) atoms. The Balaban J connectivity index is 2.03. The zero-order valence-electron chi connectivity index (χ0n) is 10.8. The first-order valence-electron chi connectivity index (χ1n) is 6.23. The summed E-state index contributed by atoms with van der Waals surface area (Å²) in [5.41, 5.74) is -0.0964. The second-order valence-corrected chi connectivity index (χ2v) is 4.56. The highest BCUT2D eigenvalue weighted by Gasteiger charge is 2.25. The summed E-state index contributed by atoms with van der Waals surface area (Å²) >= 11 is 0. The predicted molar refractivity (Wildman–Crippen MR) is 69.6 cm³/mol. The molecule has 1 aliphatic rings. The van der Waals surface area contributed by atoms with Crippen LogP contribution in [-0.2, 0) is 0 Å². The van der Waals surface area contributed by atoms with E-state index >= 15 is 0 Å². The van der Waals surface area contributed by atoms with Gasteiger partial charge in [-0.3, -0.25) is 14.5 Å². The second-order valence-electron chi connectivity index (χ2n) is 4.56. The van der Waals surface area contributed by atoms with Crippen LogP contribution < -0.4 is 5.43 Å². The molecule has 0 aliphatic carbocycles. The van der Waals surface area contributed by atoms with E-state index in [-0.39, 0.29) is 22.9 Å². The van der Waals surface area contributed by atoms with Gasteiger partial charge in [0.05, 0.1) is 12.1 Å². The van der Waals surface area contributed by atoms with Crippen LogP contribution in [0.5, 0.6) is 0 Å². The number of aromatic nitrogens is 1. The first kappa shape index (κ1) is 13.3. The first-order chi connectivity index (χ1) is 9.13. The molecule has 0 bridgehead atoms. The lowest BCUT2D eigenvalue weighted by atomic mass is 10.2. The zero-order chi connectivity index (χ0) is 13.8. The van der Waals surface area contributed by atoms with Crippen molar-refractivity contribution in [1.29, 1.82) is 5.26 Å². The lowest BCUT2D eigenvalue weighted by molar-refractivity contribution is 0.0614. The van der Waals surface area contributed by atoms with Gasteiger partial charge < -0.3 is 9.88 Å². The van der Waals surface area contributed by atoms with E-state index in [9.17, 15) is 9.59 Å². The van der Waals surface area contributed by atoms with Gasteiger partial charge in [-0.1, -0.05) is 0 Å². The Kier molecular flexibility index (Phi) is 3.97. The maximum Gasteiger partial charge on any atom is 0.259 e. The van der Waals surface area contributed by atoms with E-state index < -0.39 is 0 Å². The Labute approximate surface area is 111 Å². The minimum atomic E-state index is -0.267. The monoisotopic (exact) mass is 260 g/mol. The van der Waals surface area contributed by atoms with Crippen LogP contribution in [0.2, 0.25) is 0 Å². The number of pyridine rings is 1. The summed E-state index contributed by atoms with van der Waals surface area (Å²) in [6.45, 7) is 4.24. The number of nitrogens with zero attached hydrogens (tertiary/aromatic N) is 3. The first-order valence-corrected chi connectivity index (χ1v) is 6.23. The Morgan fingerprint density at radius 2 is 2.11 bits per heavy atom. The van der Waals surface area contributed by atoms with Gasteiger partial charge in [0.25, 0.3) is 5.91 Å². The highest BCUT2D eigenvalue weighted by Crippen LogP contribution is 2.08. The van der Waals surface area contributed by atoms with Crippen molar-refractivity contribution in [3.05, 3.63) is 34.2 Å². The number of carbonyl (C=O) groups excluding carboxylic acids is 1. The van der Waals surface area contributed by atoms with Gasteiger partial charge >= 0.3 is 0 Å². The van der Waals surface area contributed by atoms with Gasteiger partial charge in [0.15, 0.2) is 5.43 Å². The summed E-state index contributed by atoms with van der Waals surface area (Å²) in [7, 11) is 0. The van der Waals surface area contributed by atoms with Crippen molar-refractivity contribution < 1.29 is 4.79 Å². The molecule has 2 rings (SSSR count). The Hall–Kier alpha value is -2.13. The molecule has 2 heterocycles. The lowest BCUT2D eigenvalue weighted by Gasteiger charge is -2.35. The van der Waals surface area contributed by atoms with E-state index in [0.29, 0.717) is 26.2 Å². The van der Waals surface area contributed by atoms with Crippen molar-refractivity contribution in [2.75, 3.05) is 26.2 Å². The molecule has 1 N–H and O–H groups in total. The van der Waals surface area contributed by atoms with E-state index in [1.165, 1.54) is 18.5 Å². The summed E-state index contributed by atoms with van der Waals surface area (Å²) in [6.07, 6.45) is 2.95. The third kappa shape index (κ3) is 2.83. The quantitative estimate of drug-likeness (QED) is 0.814. The molecular weight excluding hydrogens is 244 g/mol. The molecular formula is C13H16N4O2. The summed E-state index contributed by atoms with van der Waals surface area (Å²) in [6, 6.07) is 3.39. The fourth-order valence-corrected chi connectivity index (χ4v) is 2.15. The highest BCUT2D eigenvalue weighted by molar-refractivity contribution is 5.93. The third-order valence-electron chi connectivity index (χ3n) is 3.39. The van der Waals surface area contributed by atoms with Crippen LogP contribution in [0.4, 0.5) is 0 Å². The highest BCUT2D eigenvalue weighted by atomic mass is 16.2. The second kappa shape index (κ2) is 5.67. The smallest absolute Gasteiger partial charge is 0.259 e. The fourth-order valence-electron chi connectivity index (χ4n) is 2.15. The van der Waals surface area contributed by atoms with E-state index in [4.69, 9.17) is 5.26 Å². The molecule has 6 nitrogen and oxygen atoms in total. The molecule has 1 aliphatic heterocycles. The van der Waals surface area contributed by atoms with Crippen LogP contribution in [-0.4, -0.2) is 52.9 Å². The molecule has 1 atom stereocenters. The summed E-state index contributed by atoms with van der Waals surface area (Å²) in [4.78, 5) is 30.2. The van der Waals surface area contributed by atoms with Gasteiger partial charge in [-0.25, -0.2) is 0 Å². The van der Waals surface area contributed by atoms with Crippen molar-refractivity contribution in [3.8, 4) is 6.07 Å². The number of aromatic amines is 1. The summed E-state index contributed by atoms with van der Waals surface area (Å²) in [5, 5.41) is 8.86. The van der Waals surface area contributed by atoms with Gasteiger partial charge in [0.2, 0.25) is 0 Å². The van der Waals surface area contributed by atoms with Gasteiger partial charge in [0, 0.05) is 44.6 Å². The molecule has 0 spiro atoms. The largest absolute Gasteiger partial charge is 0.367 e. The molecule has 1 saturated heterocycles. The number of carbonyl (C=O) groups is 1. The average Bonchev–Trinajstić information content (AvgIpc) is 2.46. The zero-order valence-corrected chi connectivity index (χ0v) is 10.8. The standard InChI is InChI=1S/C13H16N4O2/c1-10(8-14)16-4-6-17(7-5-16)13(19)11-9-15-3-2-12(11)18/h2-3,9-10H,4-7H2,1H3,(H,15,18). The minimum absolute atomic E-state index is 0.141. The van der Waals surface area contributed by atoms with Crippen molar-refractivity contribution >= 4 is 5.91 Å². The number of amides is 1. The Bertz CT molecular complexity index is 552. The van der Waals surface area contributed by atoms with Crippen molar-refractivity contribution in [2.45, 2.75) is 13.0 Å². The van der Waals surface area contributed by atoms with Gasteiger partial charge in [-0.05, 0) is 6.92 Å². The molecule has 1 unspecified atom stereocenters. The van der Waals surface area contributed by atoms with Crippen LogP contribution in [0.25, 0.3) is 0 Å². The number of nitrogens with one attached hydrogen (secondary N) is 1. The Morgan fingerprint density at radius 1 is 1.42 bits per heavy atom. The normalized spacial score (nSPS) is 17.8. The number of hydrogen-bond acceptors (Lipinski definition) is 4. The van der Waals surface area contributed by atoms with E-state index in [1.807, 2.05) is 11.8 Å². The number of nitriles is 1.